The number of rotatable bonds is 7. The van der Waals surface area contributed by atoms with Crippen molar-refractivity contribution in [2.75, 3.05) is 43.5 Å². The van der Waals surface area contributed by atoms with Gasteiger partial charge in [-0.05, 0) is 30.8 Å². The molecule has 1 aliphatic heterocycles. The molecular weight excluding hydrogens is 396 g/mol. The van der Waals surface area contributed by atoms with Crippen LogP contribution in [0.25, 0.3) is 0 Å². The van der Waals surface area contributed by atoms with Crippen LogP contribution in [-0.2, 0) is 9.59 Å². The first kappa shape index (κ1) is 21.5. The highest BCUT2D eigenvalue weighted by atomic mass is 19.1. The monoisotopic (exact) mass is 419 g/mol. The van der Waals surface area contributed by atoms with Gasteiger partial charge in [-0.15, -0.1) is 0 Å². The van der Waals surface area contributed by atoms with Crippen molar-refractivity contribution < 1.29 is 27.8 Å². The van der Waals surface area contributed by atoms with Gasteiger partial charge in [0.2, 0.25) is 11.8 Å². The van der Waals surface area contributed by atoms with E-state index in [4.69, 9.17) is 9.47 Å². The van der Waals surface area contributed by atoms with Gasteiger partial charge in [-0.2, -0.15) is 0 Å². The molecule has 30 heavy (non-hydrogen) atoms. The molecule has 0 aliphatic carbocycles. The molecule has 0 bridgehead atoms. The third-order valence-corrected chi connectivity index (χ3v) is 4.44. The SMILES string of the molecule is CCN(CC(=O)Nc1ccc2c(c1)OCCCO2)CC(=O)Nc1c(F)cccc1F. The third kappa shape index (κ3) is 5.66. The lowest BCUT2D eigenvalue weighted by Gasteiger charge is -2.19. The number of anilines is 2. The van der Waals surface area contributed by atoms with Crippen molar-refractivity contribution in [3.63, 3.8) is 0 Å². The van der Waals surface area contributed by atoms with Crippen molar-refractivity contribution in [1.82, 2.24) is 4.90 Å². The highest BCUT2D eigenvalue weighted by Crippen LogP contribution is 2.32. The van der Waals surface area contributed by atoms with E-state index in [1.54, 1.807) is 30.0 Å². The minimum atomic E-state index is -0.862. The predicted octanol–water partition coefficient (Wildman–Crippen LogP) is 3.03. The molecule has 160 valence electrons. The van der Waals surface area contributed by atoms with Crippen molar-refractivity contribution in [1.29, 1.82) is 0 Å². The molecule has 0 radical (unpaired) electrons. The Morgan fingerprint density at radius 3 is 2.27 bits per heavy atom. The van der Waals surface area contributed by atoms with E-state index in [1.165, 1.54) is 6.07 Å². The van der Waals surface area contributed by atoms with Gasteiger partial charge in [0.15, 0.2) is 11.5 Å². The second kappa shape index (κ2) is 10.0. The van der Waals surface area contributed by atoms with Gasteiger partial charge in [0.25, 0.3) is 0 Å². The summed E-state index contributed by atoms with van der Waals surface area (Å²) in [6, 6.07) is 8.43. The van der Waals surface area contributed by atoms with Crippen molar-refractivity contribution in [3.05, 3.63) is 48.0 Å². The zero-order valence-corrected chi connectivity index (χ0v) is 16.5. The van der Waals surface area contributed by atoms with E-state index in [0.717, 1.165) is 18.6 Å². The average Bonchev–Trinajstić information content (AvgIpc) is 2.95. The van der Waals surface area contributed by atoms with Crippen LogP contribution in [0.1, 0.15) is 13.3 Å². The summed E-state index contributed by atoms with van der Waals surface area (Å²) in [5.41, 5.74) is 0.0355. The van der Waals surface area contributed by atoms with Crippen LogP contribution < -0.4 is 20.1 Å². The molecule has 9 heteroatoms. The smallest absolute Gasteiger partial charge is 0.238 e. The van der Waals surface area contributed by atoms with E-state index < -0.39 is 23.2 Å². The minimum absolute atomic E-state index is 0.0713. The summed E-state index contributed by atoms with van der Waals surface area (Å²) in [6.45, 7) is 3.01. The fourth-order valence-electron chi connectivity index (χ4n) is 2.92. The van der Waals surface area contributed by atoms with Gasteiger partial charge in [-0.25, -0.2) is 8.78 Å². The number of nitrogens with zero attached hydrogens (tertiary/aromatic N) is 1. The molecule has 1 aliphatic rings. The molecular formula is C21H23F2N3O4. The summed E-state index contributed by atoms with van der Waals surface area (Å²) in [5.74, 6) is -1.50. The number of carbonyl (C=O) groups excluding carboxylic acids is 2. The normalized spacial score (nSPS) is 12.9. The Morgan fingerprint density at radius 1 is 0.967 bits per heavy atom. The summed E-state index contributed by atoms with van der Waals surface area (Å²) < 4.78 is 38.5. The van der Waals surface area contributed by atoms with Crippen molar-refractivity contribution in [2.24, 2.45) is 0 Å². The van der Waals surface area contributed by atoms with E-state index in [-0.39, 0.29) is 19.0 Å². The summed E-state index contributed by atoms with van der Waals surface area (Å²) >= 11 is 0. The quantitative estimate of drug-likeness (QED) is 0.721. The molecule has 7 nitrogen and oxygen atoms in total. The van der Waals surface area contributed by atoms with Crippen molar-refractivity contribution in [2.45, 2.75) is 13.3 Å². The van der Waals surface area contributed by atoms with Gasteiger partial charge in [-0.1, -0.05) is 13.0 Å². The summed E-state index contributed by atoms with van der Waals surface area (Å²) in [6.07, 6.45) is 0.778. The number of benzene rings is 2. The predicted molar refractivity (Wildman–Crippen MR) is 108 cm³/mol. The van der Waals surface area contributed by atoms with Gasteiger partial charge in [-0.3, -0.25) is 14.5 Å². The Balaban J connectivity index is 1.55. The number of nitrogens with one attached hydrogen (secondary N) is 2. The molecule has 0 fully saturated rings. The largest absolute Gasteiger partial charge is 0.490 e. The molecule has 0 saturated heterocycles. The van der Waals surface area contributed by atoms with Gasteiger partial charge < -0.3 is 20.1 Å². The van der Waals surface area contributed by atoms with Crippen LogP contribution in [0.3, 0.4) is 0 Å². The molecule has 0 spiro atoms. The first-order chi connectivity index (χ1) is 14.5. The molecule has 0 atom stereocenters. The van der Waals surface area contributed by atoms with E-state index in [9.17, 15) is 18.4 Å². The molecule has 2 aromatic rings. The molecule has 0 unspecified atom stereocenters. The Kier molecular flexibility index (Phi) is 7.18. The maximum absolute atomic E-state index is 13.7. The zero-order valence-electron chi connectivity index (χ0n) is 16.5. The number of amides is 2. The Bertz CT molecular complexity index is 903. The number of hydrogen-bond donors (Lipinski definition) is 2. The molecule has 1 heterocycles. The minimum Gasteiger partial charge on any atom is -0.490 e. The van der Waals surface area contributed by atoms with E-state index in [2.05, 4.69) is 10.6 Å². The van der Waals surface area contributed by atoms with Crippen LogP contribution in [0.5, 0.6) is 11.5 Å². The lowest BCUT2D eigenvalue weighted by atomic mass is 10.2. The van der Waals surface area contributed by atoms with Crippen LogP contribution in [0.2, 0.25) is 0 Å². The summed E-state index contributed by atoms with van der Waals surface area (Å²) in [5, 5.41) is 4.96. The molecule has 2 N–H and O–H groups in total. The average molecular weight is 419 g/mol. The Hall–Kier alpha value is -3.20. The zero-order chi connectivity index (χ0) is 21.5. The number of hydrogen-bond acceptors (Lipinski definition) is 5. The second-order valence-electron chi connectivity index (χ2n) is 6.71. The number of ether oxygens (including phenoxy) is 2. The molecule has 3 rings (SSSR count). The fraction of sp³-hybridized carbons (Fsp3) is 0.333. The van der Waals surface area contributed by atoms with Crippen molar-refractivity contribution >= 4 is 23.2 Å². The topological polar surface area (TPSA) is 79.9 Å². The Morgan fingerprint density at radius 2 is 1.60 bits per heavy atom. The van der Waals surface area contributed by atoms with Crippen LogP contribution in [0.15, 0.2) is 36.4 Å². The number of likely N-dealkylation sites (N-methyl/N-ethyl adjacent to an activating group) is 1. The van der Waals surface area contributed by atoms with Gasteiger partial charge >= 0.3 is 0 Å². The van der Waals surface area contributed by atoms with Crippen LogP contribution in [0, 0.1) is 11.6 Å². The van der Waals surface area contributed by atoms with Gasteiger partial charge in [0, 0.05) is 18.2 Å². The molecule has 2 aromatic carbocycles. The van der Waals surface area contributed by atoms with Crippen LogP contribution in [0.4, 0.5) is 20.2 Å². The van der Waals surface area contributed by atoms with Gasteiger partial charge in [0.1, 0.15) is 17.3 Å². The summed E-state index contributed by atoms with van der Waals surface area (Å²) in [7, 11) is 0. The highest BCUT2D eigenvalue weighted by Gasteiger charge is 2.17. The fourth-order valence-corrected chi connectivity index (χ4v) is 2.92. The molecule has 0 aromatic heterocycles. The Labute approximate surface area is 173 Å². The summed E-state index contributed by atoms with van der Waals surface area (Å²) in [4.78, 5) is 26.1. The van der Waals surface area contributed by atoms with Crippen LogP contribution >= 0.6 is 0 Å². The lowest BCUT2D eigenvalue weighted by Crippen LogP contribution is -2.38. The lowest BCUT2D eigenvalue weighted by molar-refractivity contribution is -0.119. The number of carbonyl (C=O) groups is 2. The molecule has 2 amide bonds. The number of halogens is 2. The van der Waals surface area contributed by atoms with Crippen LogP contribution in [-0.4, -0.2) is 49.6 Å². The maximum Gasteiger partial charge on any atom is 0.238 e. The van der Waals surface area contributed by atoms with E-state index in [1.807, 2.05) is 0 Å². The van der Waals surface area contributed by atoms with Gasteiger partial charge in [0.05, 0.1) is 26.3 Å². The first-order valence-corrected chi connectivity index (χ1v) is 9.62. The molecule has 0 saturated carbocycles. The second-order valence-corrected chi connectivity index (χ2v) is 6.71. The number of fused-ring (bicyclic) bond motifs is 1. The first-order valence-electron chi connectivity index (χ1n) is 9.62. The van der Waals surface area contributed by atoms with E-state index in [0.29, 0.717) is 36.9 Å². The van der Waals surface area contributed by atoms with E-state index >= 15 is 0 Å². The maximum atomic E-state index is 13.7. The van der Waals surface area contributed by atoms with Crippen molar-refractivity contribution in [3.8, 4) is 11.5 Å². The number of para-hydroxylation sites is 1. The highest BCUT2D eigenvalue weighted by molar-refractivity contribution is 5.95. The third-order valence-electron chi connectivity index (χ3n) is 4.44. The standard InChI is InChI=1S/C21H23F2N3O4/c1-2-26(13-20(28)25-21-15(22)5-3-6-16(21)23)12-19(27)24-14-7-8-17-18(11-14)30-10-4-9-29-17/h3,5-8,11H,2,4,9-10,12-13H2,1H3,(H,24,27)(H,25,28).